The SMILES string of the molecule is CCC1(CC)C(=O)Nc2cc3nc(-c4ccc(O)cc4OC)[nH]c3cc21. The van der Waals surface area contributed by atoms with Crippen LogP contribution in [-0.4, -0.2) is 28.1 Å². The van der Waals surface area contributed by atoms with Crippen molar-refractivity contribution in [3.63, 3.8) is 0 Å². The number of methoxy groups -OCH3 is 1. The number of H-pyrrole nitrogens is 1. The molecule has 2 heterocycles. The van der Waals surface area contributed by atoms with E-state index < -0.39 is 5.41 Å². The Bertz CT molecular complexity index is 1020. The van der Waals surface area contributed by atoms with Gasteiger partial charge < -0.3 is 20.1 Å². The third-order valence-electron chi connectivity index (χ3n) is 5.47. The maximum Gasteiger partial charge on any atom is 0.235 e. The number of nitrogens with zero attached hydrogens (tertiary/aromatic N) is 1. The summed E-state index contributed by atoms with van der Waals surface area (Å²) in [6.07, 6.45) is 1.50. The molecule has 0 aliphatic carbocycles. The van der Waals surface area contributed by atoms with Crippen molar-refractivity contribution in [1.82, 2.24) is 9.97 Å². The molecule has 0 fully saturated rings. The third-order valence-corrected chi connectivity index (χ3v) is 5.47. The first-order valence-corrected chi connectivity index (χ1v) is 8.75. The fraction of sp³-hybridized carbons (Fsp3) is 0.300. The van der Waals surface area contributed by atoms with E-state index >= 15 is 0 Å². The number of aromatic nitrogens is 2. The van der Waals surface area contributed by atoms with Crippen molar-refractivity contribution in [3.8, 4) is 22.9 Å². The predicted molar refractivity (Wildman–Crippen MR) is 101 cm³/mol. The van der Waals surface area contributed by atoms with Crippen LogP contribution in [0.2, 0.25) is 0 Å². The fourth-order valence-electron chi connectivity index (χ4n) is 3.88. The number of hydrogen-bond acceptors (Lipinski definition) is 4. The molecule has 0 bridgehead atoms. The number of fused-ring (bicyclic) bond motifs is 2. The molecule has 0 spiro atoms. The van der Waals surface area contributed by atoms with E-state index in [1.807, 2.05) is 26.0 Å². The second kappa shape index (κ2) is 5.76. The Morgan fingerprint density at radius 1 is 1.19 bits per heavy atom. The summed E-state index contributed by atoms with van der Waals surface area (Å²) in [5, 5.41) is 12.7. The van der Waals surface area contributed by atoms with Crippen LogP contribution in [0.4, 0.5) is 5.69 Å². The number of anilines is 1. The smallest absolute Gasteiger partial charge is 0.235 e. The van der Waals surface area contributed by atoms with Crippen LogP contribution in [0.25, 0.3) is 22.4 Å². The van der Waals surface area contributed by atoms with Crippen molar-refractivity contribution in [1.29, 1.82) is 0 Å². The molecule has 6 nitrogen and oxygen atoms in total. The number of phenolic OH excluding ortho intramolecular Hbond substituents is 1. The van der Waals surface area contributed by atoms with Gasteiger partial charge in [0.15, 0.2) is 0 Å². The van der Waals surface area contributed by atoms with Gasteiger partial charge in [-0.15, -0.1) is 0 Å². The van der Waals surface area contributed by atoms with Gasteiger partial charge in [-0.1, -0.05) is 13.8 Å². The van der Waals surface area contributed by atoms with Crippen LogP contribution in [0.15, 0.2) is 30.3 Å². The Hall–Kier alpha value is -3.02. The van der Waals surface area contributed by atoms with Crippen molar-refractivity contribution >= 4 is 22.6 Å². The van der Waals surface area contributed by atoms with E-state index in [2.05, 4.69) is 15.3 Å². The molecule has 1 aliphatic rings. The molecule has 0 saturated heterocycles. The van der Waals surface area contributed by atoms with Gasteiger partial charge in [-0.05, 0) is 42.7 Å². The zero-order valence-corrected chi connectivity index (χ0v) is 15.0. The minimum Gasteiger partial charge on any atom is -0.508 e. The van der Waals surface area contributed by atoms with E-state index in [4.69, 9.17) is 4.74 Å². The zero-order valence-electron chi connectivity index (χ0n) is 15.0. The molecule has 134 valence electrons. The molecule has 3 N–H and O–H groups in total. The van der Waals surface area contributed by atoms with Gasteiger partial charge in [-0.25, -0.2) is 4.98 Å². The van der Waals surface area contributed by atoms with Crippen LogP contribution in [-0.2, 0) is 10.2 Å². The molecule has 6 heteroatoms. The van der Waals surface area contributed by atoms with Gasteiger partial charge in [-0.3, -0.25) is 4.79 Å². The summed E-state index contributed by atoms with van der Waals surface area (Å²) >= 11 is 0. The lowest BCUT2D eigenvalue weighted by Crippen LogP contribution is -2.32. The maximum absolute atomic E-state index is 12.5. The molecule has 0 radical (unpaired) electrons. The third kappa shape index (κ3) is 2.18. The molecule has 0 atom stereocenters. The average molecular weight is 351 g/mol. The van der Waals surface area contributed by atoms with Gasteiger partial charge >= 0.3 is 0 Å². The van der Waals surface area contributed by atoms with Crippen molar-refractivity contribution in [3.05, 3.63) is 35.9 Å². The zero-order chi connectivity index (χ0) is 18.5. The van der Waals surface area contributed by atoms with E-state index in [1.165, 1.54) is 0 Å². The fourth-order valence-corrected chi connectivity index (χ4v) is 3.88. The number of nitrogens with one attached hydrogen (secondary N) is 2. The summed E-state index contributed by atoms with van der Waals surface area (Å²) in [6.45, 7) is 4.09. The van der Waals surface area contributed by atoms with Crippen molar-refractivity contribution in [2.24, 2.45) is 0 Å². The number of ether oxygens (including phenoxy) is 1. The Morgan fingerprint density at radius 3 is 2.65 bits per heavy atom. The first-order chi connectivity index (χ1) is 12.5. The molecule has 1 aromatic heterocycles. The Morgan fingerprint density at radius 2 is 1.96 bits per heavy atom. The monoisotopic (exact) mass is 351 g/mol. The van der Waals surface area contributed by atoms with E-state index in [9.17, 15) is 9.90 Å². The number of aromatic amines is 1. The Balaban J connectivity index is 1.88. The number of aromatic hydroxyl groups is 1. The Kier molecular flexibility index (Phi) is 3.64. The van der Waals surface area contributed by atoms with Gasteiger partial charge in [0.05, 0.1) is 29.1 Å². The van der Waals surface area contributed by atoms with Crippen LogP contribution < -0.4 is 10.1 Å². The number of imidazole rings is 1. The maximum atomic E-state index is 12.5. The average Bonchev–Trinajstić information content (AvgIpc) is 3.16. The van der Waals surface area contributed by atoms with Gasteiger partial charge in [0, 0.05) is 11.8 Å². The quantitative estimate of drug-likeness (QED) is 0.664. The van der Waals surface area contributed by atoms with Crippen molar-refractivity contribution < 1.29 is 14.6 Å². The van der Waals surface area contributed by atoms with Gasteiger partial charge in [0.1, 0.15) is 17.3 Å². The molecular weight excluding hydrogens is 330 g/mol. The van der Waals surface area contributed by atoms with Gasteiger partial charge in [0.2, 0.25) is 5.91 Å². The highest BCUT2D eigenvalue weighted by atomic mass is 16.5. The summed E-state index contributed by atoms with van der Waals surface area (Å²) < 4.78 is 5.36. The molecule has 4 rings (SSSR count). The van der Waals surface area contributed by atoms with Crippen LogP contribution in [0.1, 0.15) is 32.3 Å². The van der Waals surface area contributed by atoms with Crippen LogP contribution in [0.5, 0.6) is 11.5 Å². The number of phenols is 1. The molecule has 0 saturated carbocycles. The van der Waals surface area contributed by atoms with Gasteiger partial charge in [-0.2, -0.15) is 0 Å². The summed E-state index contributed by atoms with van der Waals surface area (Å²) in [5.41, 5.74) is 3.79. The number of amides is 1. The summed E-state index contributed by atoms with van der Waals surface area (Å²) in [7, 11) is 1.56. The second-order valence-corrected chi connectivity index (χ2v) is 6.63. The van der Waals surface area contributed by atoms with Crippen molar-refractivity contribution in [2.45, 2.75) is 32.1 Å². The highest BCUT2D eigenvalue weighted by Gasteiger charge is 2.44. The second-order valence-electron chi connectivity index (χ2n) is 6.63. The molecule has 1 aliphatic heterocycles. The van der Waals surface area contributed by atoms with E-state index in [0.717, 1.165) is 40.7 Å². The lowest BCUT2D eigenvalue weighted by atomic mass is 9.77. The summed E-state index contributed by atoms with van der Waals surface area (Å²) in [6, 6.07) is 8.87. The molecule has 3 aromatic rings. The highest BCUT2D eigenvalue weighted by Crippen LogP contribution is 2.44. The number of benzene rings is 2. The number of carbonyl (C=O) groups is 1. The topological polar surface area (TPSA) is 87.2 Å². The standard InChI is InChI=1S/C20H21N3O3/c1-4-20(5-2)13-9-15-16(10-14(13)23-19(20)25)22-18(21-15)12-7-6-11(24)8-17(12)26-3/h6-10,24H,4-5H2,1-3H3,(H,21,22)(H,23,25). The predicted octanol–water partition coefficient (Wildman–Crippen LogP) is 3.95. The van der Waals surface area contributed by atoms with E-state index in [-0.39, 0.29) is 11.7 Å². The molecule has 2 aromatic carbocycles. The van der Waals surface area contributed by atoms with Gasteiger partial charge in [0.25, 0.3) is 0 Å². The van der Waals surface area contributed by atoms with E-state index in [1.54, 1.807) is 25.3 Å². The first-order valence-electron chi connectivity index (χ1n) is 8.75. The summed E-state index contributed by atoms with van der Waals surface area (Å²) in [4.78, 5) is 20.5. The van der Waals surface area contributed by atoms with Crippen LogP contribution in [0.3, 0.4) is 0 Å². The lowest BCUT2D eigenvalue weighted by Gasteiger charge is -2.23. The van der Waals surface area contributed by atoms with Crippen molar-refractivity contribution in [2.75, 3.05) is 12.4 Å². The number of rotatable bonds is 4. The minimum atomic E-state index is -0.481. The Labute approximate surface area is 151 Å². The van der Waals surface area contributed by atoms with Crippen LogP contribution in [0, 0.1) is 0 Å². The number of hydrogen-bond donors (Lipinski definition) is 3. The minimum absolute atomic E-state index is 0.0607. The molecule has 26 heavy (non-hydrogen) atoms. The highest BCUT2D eigenvalue weighted by molar-refractivity contribution is 6.08. The van der Waals surface area contributed by atoms with E-state index in [0.29, 0.717) is 11.6 Å². The summed E-state index contributed by atoms with van der Waals surface area (Å²) in [5.74, 6) is 1.40. The molecular formula is C20H21N3O3. The lowest BCUT2D eigenvalue weighted by molar-refractivity contribution is -0.121. The van der Waals surface area contributed by atoms with Crippen LogP contribution >= 0.6 is 0 Å². The first kappa shape index (κ1) is 16.4. The normalized spacial score (nSPS) is 15.1. The molecule has 1 amide bonds. The molecule has 0 unspecified atom stereocenters. The largest absolute Gasteiger partial charge is 0.508 e. The number of carbonyl (C=O) groups excluding carboxylic acids is 1.